The van der Waals surface area contributed by atoms with E-state index >= 15 is 0 Å². The summed E-state index contributed by atoms with van der Waals surface area (Å²) in [5.74, 6) is -1.13. The Labute approximate surface area is 250 Å². The molecular weight excluding hydrogens is 530 g/mol. The Bertz CT molecular complexity index is 1180. The highest BCUT2D eigenvalue weighted by Crippen LogP contribution is 2.33. The van der Waals surface area contributed by atoms with Gasteiger partial charge in [0.2, 0.25) is 11.8 Å². The van der Waals surface area contributed by atoms with Crippen molar-refractivity contribution in [1.29, 1.82) is 0 Å². The van der Waals surface area contributed by atoms with Crippen LogP contribution in [0.1, 0.15) is 77.8 Å². The Morgan fingerprint density at radius 3 is 2.05 bits per heavy atom. The van der Waals surface area contributed by atoms with Crippen molar-refractivity contribution in [2.24, 2.45) is 17.8 Å². The summed E-state index contributed by atoms with van der Waals surface area (Å²) in [7, 11) is 0. The van der Waals surface area contributed by atoms with Crippen LogP contribution in [0.3, 0.4) is 0 Å². The van der Waals surface area contributed by atoms with Gasteiger partial charge >= 0.3 is 6.09 Å². The average Bonchev–Trinajstić information content (AvgIpc) is 2.94. The van der Waals surface area contributed by atoms with Crippen molar-refractivity contribution in [1.82, 2.24) is 16.0 Å². The Morgan fingerprint density at radius 1 is 0.857 bits per heavy atom. The van der Waals surface area contributed by atoms with Crippen LogP contribution in [-0.4, -0.2) is 41.3 Å². The Kier molecular flexibility index (Phi) is 12.1. The number of rotatable bonds is 12. The molecule has 1 aliphatic carbocycles. The van der Waals surface area contributed by atoms with Crippen LogP contribution in [0.4, 0.5) is 4.79 Å². The first kappa shape index (κ1) is 32.8. The van der Waals surface area contributed by atoms with E-state index in [1.165, 1.54) is 0 Å². The fraction of sp³-hybridized carbons (Fsp3) is 0.529. The number of ketones is 1. The van der Waals surface area contributed by atoms with Gasteiger partial charge in [0.1, 0.15) is 12.6 Å². The van der Waals surface area contributed by atoms with Gasteiger partial charge in [0.15, 0.2) is 5.78 Å². The van der Waals surface area contributed by atoms with Crippen molar-refractivity contribution < 1.29 is 23.9 Å². The maximum Gasteiger partial charge on any atom is 0.408 e. The monoisotopic (exact) mass is 577 g/mol. The number of amides is 3. The minimum absolute atomic E-state index is 0.0123. The summed E-state index contributed by atoms with van der Waals surface area (Å²) in [5.41, 5.74) is 1.40. The molecule has 3 N–H and O–H groups in total. The topological polar surface area (TPSA) is 114 Å². The third-order valence-corrected chi connectivity index (χ3v) is 7.63. The molecule has 1 fully saturated rings. The standard InChI is InChI=1S/C34H47N3O5/c1-23(2)30(36-33(41)42-22-25-16-10-7-11-17-25)32(40)35-28(20-24-14-8-6-9-15-24)29(38)21-26-18-12-13-19-27(26)31(39)37-34(3,4)5/h6-11,14-17,23,26-28,30H,12-13,18-22H2,1-5H3,(H,35,40)(H,36,41)(H,37,39)/t26?,27?,28-,30-/m0/s1. The number of ether oxygens (including phenoxy) is 1. The van der Waals surface area contributed by atoms with Crippen LogP contribution < -0.4 is 16.0 Å². The zero-order chi connectivity index (χ0) is 30.7. The molecule has 8 nitrogen and oxygen atoms in total. The highest BCUT2D eigenvalue weighted by atomic mass is 16.5. The molecule has 42 heavy (non-hydrogen) atoms. The molecule has 2 aromatic carbocycles. The Balaban J connectivity index is 1.71. The summed E-state index contributed by atoms with van der Waals surface area (Å²) >= 11 is 0. The number of hydrogen-bond acceptors (Lipinski definition) is 5. The second-order valence-corrected chi connectivity index (χ2v) is 12.7. The molecule has 0 spiro atoms. The highest BCUT2D eigenvalue weighted by molar-refractivity contribution is 5.93. The molecule has 3 rings (SSSR count). The summed E-state index contributed by atoms with van der Waals surface area (Å²) in [6.45, 7) is 9.60. The van der Waals surface area contributed by atoms with E-state index in [2.05, 4.69) is 16.0 Å². The number of Topliss-reactive ketones (excluding diaryl/α,β-unsaturated/α-hetero) is 1. The molecule has 2 unspecified atom stereocenters. The van der Waals surface area contributed by atoms with Crippen molar-refractivity contribution in [2.45, 2.75) is 97.4 Å². The highest BCUT2D eigenvalue weighted by Gasteiger charge is 2.36. The van der Waals surface area contributed by atoms with Crippen LogP contribution in [0.25, 0.3) is 0 Å². The van der Waals surface area contributed by atoms with Gasteiger partial charge in [-0.3, -0.25) is 14.4 Å². The maximum atomic E-state index is 13.8. The Hall–Kier alpha value is -3.68. The first-order valence-corrected chi connectivity index (χ1v) is 15.1. The van der Waals surface area contributed by atoms with Crippen LogP contribution in [0, 0.1) is 17.8 Å². The minimum Gasteiger partial charge on any atom is -0.445 e. The molecule has 2 aromatic rings. The van der Waals surface area contributed by atoms with Gasteiger partial charge in [0.25, 0.3) is 0 Å². The molecule has 1 aliphatic rings. The first-order chi connectivity index (χ1) is 19.9. The molecule has 0 aromatic heterocycles. The Morgan fingerprint density at radius 2 is 1.45 bits per heavy atom. The number of hydrogen-bond donors (Lipinski definition) is 3. The molecule has 8 heteroatoms. The number of nitrogens with one attached hydrogen (secondary N) is 3. The van der Waals surface area contributed by atoms with Crippen LogP contribution in [0.15, 0.2) is 60.7 Å². The molecule has 0 saturated heterocycles. The van der Waals surface area contributed by atoms with E-state index in [-0.39, 0.29) is 48.0 Å². The van der Waals surface area contributed by atoms with Gasteiger partial charge in [-0.2, -0.15) is 0 Å². The van der Waals surface area contributed by atoms with Gasteiger partial charge in [-0.1, -0.05) is 87.4 Å². The predicted octanol–water partition coefficient (Wildman–Crippen LogP) is 5.35. The van der Waals surface area contributed by atoms with Crippen molar-refractivity contribution in [2.75, 3.05) is 0 Å². The number of carbonyl (C=O) groups excluding carboxylic acids is 4. The minimum atomic E-state index is -0.890. The van der Waals surface area contributed by atoms with Gasteiger partial charge in [0, 0.05) is 17.9 Å². The molecule has 0 bridgehead atoms. The van der Waals surface area contributed by atoms with E-state index in [9.17, 15) is 19.2 Å². The molecule has 228 valence electrons. The summed E-state index contributed by atoms with van der Waals surface area (Å²) in [6, 6.07) is 17.2. The van der Waals surface area contributed by atoms with Crippen molar-refractivity contribution in [3.8, 4) is 0 Å². The van der Waals surface area contributed by atoms with E-state index < -0.39 is 24.1 Å². The fourth-order valence-electron chi connectivity index (χ4n) is 5.44. The SMILES string of the molecule is CC(C)[C@H](NC(=O)OCc1ccccc1)C(=O)N[C@@H](Cc1ccccc1)C(=O)CC1CCCCC1C(=O)NC(C)(C)C. The quantitative estimate of drug-likeness (QED) is 0.315. The molecule has 4 atom stereocenters. The average molecular weight is 578 g/mol. The van der Waals surface area contributed by atoms with E-state index in [1.807, 2.05) is 95.3 Å². The zero-order valence-corrected chi connectivity index (χ0v) is 25.7. The lowest BCUT2D eigenvalue weighted by molar-refractivity contribution is -0.133. The third-order valence-electron chi connectivity index (χ3n) is 7.63. The number of alkyl carbamates (subject to hydrolysis) is 1. The second kappa shape index (κ2) is 15.5. The van der Waals surface area contributed by atoms with E-state index in [0.717, 1.165) is 36.8 Å². The zero-order valence-electron chi connectivity index (χ0n) is 25.7. The van der Waals surface area contributed by atoms with Gasteiger partial charge in [0.05, 0.1) is 6.04 Å². The van der Waals surface area contributed by atoms with Gasteiger partial charge in [-0.05, 0) is 63.0 Å². The van der Waals surface area contributed by atoms with Crippen molar-refractivity contribution in [3.05, 3.63) is 71.8 Å². The van der Waals surface area contributed by atoms with Crippen LogP contribution in [0.5, 0.6) is 0 Å². The summed E-state index contributed by atoms with van der Waals surface area (Å²) < 4.78 is 5.34. The lowest BCUT2D eigenvalue weighted by Gasteiger charge is -2.34. The van der Waals surface area contributed by atoms with Gasteiger partial charge < -0.3 is 20.7 Å². The molecule has 3 amide bonds. The van der Waals surface area contributed by atoms with Gasteiger partial charge in [-0.25, -0.2) is 4.79 Å². The van der Waals surface area contributed by atoms with Crippen LogP contribution >= 0.6 is 0 Å². The summed E-state index contributed by atoms with van der Waals surface area (Å²) in [4.78, 5) is 53.0. The lowest BCUT2D eigenvalue weighted by Crippen LogP contribution is -2.54. The van der Waals surface area contributed by atoms with E-state index in [1.54, 1.807) is 0 Å². The maximum absolute atomic E-state index is 13.8. The van der Waals surface area contributed by atoms with E-state index in [4.69, 9.17) is 4.74 Å². The largest absolute Gasteiger partial charge is 0.445 e. The molecule has 0 aliphatic heterocycles. The van der Waals surface area contributed by atoms with Crippen LogP contribution in [0.2, 0.25) is 0 Å². The molecule has 0 heterocycles. The number of benzene rings is 2. The van der Waals surface area contributed by atoms with Crippen molar-refractivity contribution >= 4 is 23.7 Å². The molecule has 0 radical (unpaired) electrons. The first-order valence-electron chi connectivity index (χ1n) is 15.1. The second-order valence-electron chi connectivity index (χ2n) is 12.7. The number of carbonyl (C=O) groups is 4. The third kappa shape index (κ3) is 10.6. The smallest absolute Gasteiger partial charge is 0.408 e. The van der Waals surface area contributed by atoms with Gasteiger partial charge in [-0.15, -0.1) is 0 Å². The normalized spacial score (nSPS) is 18.4. The van der Waals surface area contributed by atoms with Crippen LogP contribution in [-0.2, 0) is 32.1 Å². The van der Waals surface area contributed by atoms with Crippen molar-refractivity contribution in [3.63, 3.8) is 0 Å². The fourth-order valence-corrected chi connectivity index (χ4v) is 5.44. The molecular formula is C34H47N3O5. The summed E-state index contributed by atoms with van der Waals surface area (Å²) in [6.07, 6.45) is 3.30. The summed E-state index contributed by atoms with van der Waals surface area (Å²) in [5, 5.41) is 8.71. The van der Waals surface area contributed by atoms with E-state index in [0.29, 0.717) is 6.42 Å². The lowest BCUT2D eigenvalue weighted by atomic mass is 9.75. The molecule has 1 saturated carbocycles. The predicted molar refractivity (Wildman–Crippen MR) is 163 cm³/mol.